The van der Waals surface area contributed by atoms with E-state index < -0.39 is 39.2 Å². The molecule has 0 heterocycles. The van der Waals surface area contributed by atoms with Crippen molar-refractivity contribution in [3.05, 3.63) is 29.6 Å². The van der Waals surface area contributed by atoms with Crippen LogP contribution >= 0.6 is 0 Å². The van der Waals surface area contributed by atoms with E-state index in [4.69, 9.17) is 5.11 Å². The van der Waals surface area contributed by atoms with Gasteiger partial charge in [-0.25, -0.2) is 17.6 Å². The molecule has 1 aromatic carbocycles. The molecule has 0 aliphatic carbocycles. The summed E-state index contributed by atoms with van der Waals surface area (Å²) in [6.07, 6.45) is 0. The molecule has 0 atom stereocenters. The molecule has 9 heteroatoms. The third-order valence-corrected chi connectivity index (χ3v) is 4.44. The van der Waals surface area contributed by atoms with Crippen molar-refractivity contribution in [1.29, 1.82) is 0 Å². The predicted octanol–water partition coefficient (Wildman–Crippen LogP) is 0.281. The highest BCUT2D eigenvalue weighted by Gasteiger charge is 2.26. The summed E-state index contributed by atoms with van der Waals surface area (Å²) in [5.41, 5.74) is -0.363. The summed E-state index contributed by atoms with van der Waals surface area (Å²) in [5, 5.41) is 11.1. The Morgan fingerprint density at radius 2 is 2.00 bits per heavy atom. The number of likely N-dealkylation sites (N-methyl/N-ethyl adjacent to an activating group) is 2. The van der Waals surface area contributed by atoms with Gasteiger partial charge >= 0.3 is 5.97 Å². The highest BCUT2D eigenvalue weighted by Crippen LogP contribution is 2.19. The molecule has 0 aromatic heterocycles. The number of carbonyl (C=O) groups excluding carboxylic acids is 1. The lowest BCUT2D eigenvalue weighted by Crippen LogP contribution is -2.38. The number of carbonyl (C=O) groups is 2. The van der Waals surface area contributed by atoms with E-state index in [-0.39, 0.29) is 5.56 Å². The number of carboxylic acid groups (broad SMARTS) is 1. The Kier molecular flexibility index (Phi) is 5.39. The number of amides is 1. The van der Waals surface area contributed by atoms with Crippen LogP contribution in [0.3, 0.4) is 0 Å². The fourth-order valence-electron chi connectivity index (χ4n) is 1.55. The summed E-state index contributed by atoms with van der Waals surface area (Å²) >= 11 is 0. The summed E-state index contributed by atoms with van der Waals surface area (Å²) in [7, 11) is -3.09. The number of benzene rings is 1. The number of sulfonamides is 1. The number of carboxylic acids is 1. The van der Waals surface area contributed by atoms with Crippen molar-refractivity contribution in [2.75, 3.05) is 20.1 Å². The molecule has 0 spiro atoms. The normalized spacial score (nSPS) is 11.4. The molecular weight excluding hydrogens is 303 g/mol. The van der Waals surface area contributed by atoms with Crippen LogP contribution in [0, 0.1) is 5.82 Å². The first-order chi connectivity index (χ1) is 9.70. The van der Waals surface area contributed by atoms with Gasteiger partial charge in [-0.15, -0.1) is 0 Å². The van der Waals surface area contributed by atoms with E-state index >= 15 is 0 Å². The highest BCUT2D eigenvalue weighted by atomic mass is 32.2. The van der Waals surface area contributed by atoms with E-state index in [0.717, 1.165) is 19.2 Å². The minimum absolute atomic E-state index is 0.342. The van der Waals surface area contributed by atoms with Gasteiger partial charge in [0.25, 0.3) is 0 Å². The molecule has 0 saturated heterocycles. The van der Waals surface area contributed by atoms with Gasteiger partial charge in [-0.2, -0.15) is 4.31 Å². The highest BCUT2D eigenvalue weighted by molar-refractivity contribution is 7.89. The Balaban J connectivity index is 3.07. The molecule has 0 saturated carbocycles. The van der Waals surface area contributed by atoms with Gasteiger partial charge in [0.15, 0.2) is 0 Å². The minimum atomic E-state index is -4.22. The molecule has 0 unspecified atom stereocenters. The Morgan fingerprint density at radius 3 is 2.48 bits per heavy atom. The Hall–Kier alpha value is -2.00. The summed E-state index contributed by atoms with van der Waals surface area (Å²) in [4.78, 5) is 21.4. The summed E-state index contributed by atoms with van der Waals surface area (Å²) < 4.78 is 38.7. The number of rotatable bonds is 6. The number of nitrogens with one attached hydrogen (secondary N) is 1. The second kappa shape index (κ2) is 6.64. The molecule has 1 rings (SSSR count). The Morgan fingerprint density at radius 1 is 1.38 bits per heavy atom. The molecule has 0 fully saturated rings. The second-order valence-electron chi connectivity index (χ2n) is 4.16. The largest absolute Gasteiger partial charge is 0.478 e. The van der Waals surface area contributed by atoms with Gasteiger partial charge in [0.1, 0.15) is 10.7 Å². The van der Waals surface area contributed by atoms with Crippen molar-refractivity contribution < 1.29 is 27.5 Å². The average Bonchev–Trinajstić information content (AvgIpc) is 2.38. The van der Waals surface area contributed by atoms with Gasteiger partial charge in [0, 0.05) is 13.6 Å². The third-order valence-electron chi connectivity index (χ3n) is 2.61. The van der Waals surface area contributed by atoms with E-state index in [1.54, 1.807) is 6.92 Å². The van der Waals surface area contributed by atoms with Crippen molar-refractivity contribution in [2.45, 2.75) is 11.8 Å². The fraction of sp³-hybridized carbons (Fsp3) is 0.333. The van der Waals surface area contributed by atoms with E-state index in [1.807, 2.05) is 0 Å². The predicted molar refractivity (Wildman–Crippen MR) is 71.9 cm³/mol. The van der Waals surface area contributed by atoms with E-state index in [1.165, 1.54) is 0 Å². The van der Waals surface area contributed by atoms with E-state index in [9.17, 15) is 22.4 Å². The van der Waals surface area contributed by atoms with Gasteiger partial charge in [-0.3, -0.25) is 4.79 Å². The van der Waals surface area contributed by atoms with Crippen LogP contribution in [0.1, 0.15) is 17.3 Å². The van der Waals surface area contributed by atoms with Crippen LogP contribution in [-0.2, 0) is 14.8 Å². The smallest absolute Gasteiger partial charge is 0.335 e. The molecule has 1 amide bonds. The van der Waals surface area contributed by atoms with Crippen LogP contribution in [-0.4, -0.2) is 49.8 Å². The number of halogens is 1. The zero-order chi connectivity index (χ0) is 16.2. The Labute approximate surface area is 121 Å². The molecule has 0 aliphatic rings. The standard InChI is InChI=1S/C12H15FN2O5S/c1-3-14-11(16)7-15(2)21(19,20)10-5-4-8(12(17)18)6-9(10)13/h4-6H,3,7H2,1-2H3,(H,14,16)(H,17,18). The molecular formula is C12H15FN2O5S. The van der Waals surface area contributed by atoms with Gasteiger partial charge in [-0.05, 0) is 25.1 Å². The number of nitrogens with zero attached hydrogens (tertiary/aromatic N) is 1. The maximum atomic E-state index is 13.8. The van der Waals surface area contributed by atoms with Gasteiger partial charge < -0.3 is 10.4 Å². The zero-order valence-corrected chi connectivity index (χ0v) is 12.3. The van der Waals surface area contributed by atoms with Crippen molar-refractivity contribution in [2.24, 2.45) is 0 Å². The monoisotopic (exact) mass is 318 g/mol. The molecule has 0 bridgehead atoms. The summed E-state index contributed by atoms with van der Waals surface area (Å²) in [6.45, 7) is 1.56. The number of aromatic carboxylic acids is 1. The SMILES string of the molecule is CCNC(=O)CN(C)S(=O)(=O)c1ccc(C(=O)O)cc1F. The van der Waals surface area contributed by atoms with Crippen LogP contribution in [0.5, 0.6) is 0 Å². The lowest BCUT2D eigenvalue weighted by Gasteiger charge is -2.17. The van der Waals surface area contributed by atoms with Crippen LogP contribution in [0.4, 0.5) is 4.39 Å². The summed E-state index contributed by atoms with van der Waals surface area (Å²) in [5.74, 6) is -3.07. The lowest BCUT2D eigenvalue weighted by molar-refractivity contribution is -0.121. The van der Waals surface area contributed by atoms with Crippen molar-refractivity contribution in [3.8, 4) is 0 Å². The maximum Gasteiger partial charge on any atom is 0.335 e. The zero-order valence-electron chi connectivity index (χ0n) is 11.5. The number of hydrogen-bond acceptors (Lipinski definition) is 4. The van der Waals surface area contributed by atoms with Crippen molar-refractivity contribution >= 4 is 21.9 Å². The lowest BCUT2D eigenvalue weighted by atomic mass is 10.2. The molecule has 7 nitrogen and oxygen atoms in total. The molecule has 1 aromatic rings. The topological polar surface area (TPSA) is 104 Å². The molecule has 2 N–H and O–H groups in total. The third kappa shape index (κ3) is 3.99. The van der Waals surface area contributed by atoms with Gasteiger partial charge in [-0.1, -0.05) is 0 Å². The fourth-order valence-corrected chi connectivity index (χ4v) is 2.72. The van der Waals surface area contributed by atoms with E-state index in [2.05, 4.69) is 5.32 Å². The second-order valence-corrected chi connectivity index (χ2v) is 6.18. The molecule has 116 valence electrons. The first-order valence-electron chi connectivity index (χ1n) is 5.96. The summed E-state index contributed by atoms with van der Waals surface area (Å²) in [6, 6.07) is 2.47. The van der Waals surface area contributed by atoms with Crippen LogP contribution in [0.15, 0.2) is 23.1 Å². The van der Waals surface area contributed by atoms with Crippen LogP contribution in [0.25, 0.3) is 0 Å². The molecule has 0 radical (unpaired) electrons. The first kappa shape index (κ1) is 17.1. The van der Waals surface area contributed by atoms with Crippen molar-refractivity contribution in [1.82, 2.24) is 9.62 Å². The van der Waals surface area contributed by atoms with E-state index in [0.29, 0.717) is 16.9 Å². The quantitative estimate of drug-likeness (QED) is 0.784. The minimum Gasteiger partial charge on any atom is -0.478 e. The van der Waals surface area contributed by atoms with Crippen LogP contribution in [0.2, 0.25) is 0 Å². The van der Waals surface area contributed by atoms with Crippen molar-refractivity contribution in [3.63, 3.8) is 0 Å². The average molecular weight is 318 g/mol. The molecule has 21 heavy (non-hydrogen) atoms. The number of hydrogen-bond donors (Lipinski definition) is 2. The first-order valence-corrected chi connectivity index (χ1v) is 7.40. The molecule has 0 aliphatic heterocycles. The van der Waals surface area contributed by atoms with Crippen LogP contribution < -0.4 is 5.32 Å². The van der Waals surface area contributed by atoms with Gasteiger partial charge in [0.2, 0.25) is 15.9 Å². The van der Waals surface area contributed by atoms with Gasteiger partial charge in [0.05, 0.1) is 12.1 Å². The Bertz CT molecular complexity index is 660. The maximum absolute atomic E-state index is 13.8.